The van der Waals surface area contributed by atoms with E-state index in [1.54, 1.807) is 0 Å². The normalized spacial score (nSPS) is 16.4. The average molecular weight is 344 g/mol. The lowest BCUT2D eigenvalue weighted by molar-refractivity contribution is 0.340. The Balaban J connectivity index is 1.78. The van der Waals surface area contributed by atoms with E-state index in [0.29, 0.717) is 6.61 Å². The predicted octanol–water partition coefficient (Wildman–Crippen LogP) is 6.63. The third-order valence-electron chi connectivity index (χ3n) is 4.98. The summed E-state index contributed by atoms with van der Waals surface area (Å²) < 4.78 is 5.54. The molecule has 1 aliphatic carbocycles. The van der Waals surface area contributed by atoms with Crippen molar-refractivity contribution in [2.75, 3.05) is 6.61 Å². The molecule has 0 bridgehead atoms. The van der Waals surface area contributed by atoms with E-state index >= 15 is 0 Å². The smallest absolute Gasteiger partial charge is 0.119 e. The van der Waals surface area contributed by atoms with Crippen molar-refractivity contribution in [3.63, 3.8) is 0 Å². The molecule has 0 aliphatic heterocycles. The molecule has 2 aromatic carbocycles. The second kappa shape index (κ2) is 9.30. The molecule has 1 atom stereocenters. The van der Waals surface area contributed by atoms with Crippen LogP contribution < -0.4 is 4.74 Å². The highest BCUT2D eigenvalue weighted by Crippen LogP contribution is 2.28. The van der Waals surface area contributed by atoms with Gasteiger partial charge in [-0.2, -0.15) is 0 Å². The second-order valence-corrected chi connectivity index (χ2v) is 6.91. The van der Waals surface area contributed by atoms with Gasteiger partial charge in [0.05, 0.1) is 6.61 Å². The molecule has 0 saturated carbocycles. The summed E-state index contributed by atoms with van der Waals surface area (Å²) in [7, 11) is 0. The van der Waals surface area contributed by atoms with Crippen molar-refractivity contribution < 1.29 is 4.74 Å². The fourth-order valence-corrected chi connectivity index (χ4v) is 3.56. The van der Waals surface area contributed by atoms with E-state index in [1.165, 1.54) is 42.4 Å². The van der Waals surface area contributed by atoms with E-state index in [9.17, 15) is 0 Å². The maximum atomic E-state index is 5.54. The minimum Gasteiger partial charge on any atom is -0.494 e. The summed E-state index contributed by atoms with van der Waals surface area (Å²) in [5, 5.41) is 0. The highest BCUT2D eigenvalue weighted by Gasteiger charge is 2.12. The first-order chi connectivity index (χ1) is 12.8. The van der Waals surface area contributed by atoms with Crippen LogP contribution in [0.5, 0.6) is 5.75 Å². The van der Waals surface area contributed by atoms with Crippen LogP contribution in [0.25, 0.3) is 11.1 Å². The van der Waals surface area contributed by atoms with Crippen molar-refractivity contribution in [3.8, 4) is 28.7 Å². The van der Waals surface area contributed by atoms with Gasteiger partial charge >= 0.3 is 0 Å². The first-order valence-electron chi connectivity index (χ1n) is 9.83. The van der Waals surface area contributed by atoms with Crippen molar-refractivity contribution in [3.05, 3.63) is 65.7 Å². The number of hydrogen-bond acceptors (Lipinski definition) is 1. The van der Waals surface area contributed by atoms with Gasteiger partial charge in [0, 0.05) is 5.56 Å². The van der Waals surface area contributed by atoms with Crippen LogP contribution in [0.1, 0.15) is 51.5 Å². The molecule has 1 aliphatic rings. The second-order valence-electron chi connectivity index (χ2n) is 6.91. The van der Waals surface area contributed by atoms with Crippen molar-refractivity contribution in [2.24, 2.45) is 5.92 Å². The van der Waals surface area contributed by atoms with Gasteiger partial charge in [-0.3, -0.25) is 0 Å². The topological polar surface area (TPSA) is 9.23 Å². The van der Waals surface area contributed by atoms with Crippen LogP contribution in [-0.4, -0.2) is 6.61 Å². The number of rotatable bonds is 5. The Bertz CT molecular complexity index is 802. The molecule has 1 unspecified atom stereocenters. The van der Waals surface area contributed by atoms with Crippen LogP contribution in [0.3, 0.4) is 0 Å². The minimum atomic E-state index is 0.690. The molecule has 1 heteroatoms. The van der Waals surface area contributed by atoms with Gasteiger partial charge in [0.15, 0.2) is 0 Å². The minimum absolute atomic E-state index is 0.690. The molecule has 0 fully saturated rings. The lowest BCUT2D eigenvalue weighted by atomic mass is 9.87. The summed E-state index contributed by atoms with van der Waals surface area (Å²) in [5.41, 5.74) is 4.76. The molecule has 2 aromatic rings. The molecule has 0 amide bonds. The molecule has 1 nitrogen and oxygen atoms in total. The van der Waals surface area contributed by atoms with Crippen LogP contribution in [0, 0.1) is 17.8 Å². The van der Waals surface area contributed by atoms with Crippen molar-refractivity contribution in [1.82, 2.24) is 0 Å². The van der Waals surface area contributed by atoms with Gasteiger partial charge in [-0.25, -0.2) is 0 Å². The Hall–Kier alpha value is -2.46. The van der Waals surface area contributed by atoms with Gasteiger partial charge in [-0.15, -0.1) is 0 Å². The SMILES string of the molecule is CCCC1CC=C(C#Cc2ccccc2-c2ccc(OCC)cc2)CC1. The Morgan fingerprint density at radius 3 is 2.50 bits per heavy atom. The zero-order valence-electron chi connectivity index (χ0n) is 15.9. The summed E-state index contributed by atoms with van der Waals surface area (Å²) >= 11 is 0. The van der Waals surface area contributed by atoms with Gasteiger partial charge in [0.1, 0.15) is 5.75 Å². The van der Waals surface area contributed by atoms with Crippen LogP contribution in [0.4, 0.5) is 0 Å². The summed E-state index contributed by atoms with van der Waals surface area (Å²) in [6.45, 7) is 4.97. The molecule has 0 spiro atoms. The third kappa shape index (κ3) is 4.79. The zero-order chi connectivity index (χ0) is 18.2. The molecule has 0 radical (unpaired) electrons. The van der Waals surface area contributed by atoms with Gasteiger partial charge in [-0.1, -0.05) is 68.0 Å². The van der Waals surface area contributed by atoms with Crippen molar-refractivity contribution >= 4 is 0 Å². The molecular weight excluding hydrogens is 316 g/mol. The van der Waals surface area contributed by atoms with Gasteiger partial charge in [0.25, 0.3) is 0 Å². The average Bonchev–Trinajstić information content (AvgIpc) is 2.69. The Morgan fingerprint density at radius 2 is 1.81 bits per heavy atom. The molecular formula is C25H28O. The monoisotopic (exact) mass is 344 g/mol. The van der Waals surface area contributed by atoms with Crippen LogP contribution in [0.2, 0.25) is 0 Å². The quantitative estimate of drug-likeness (QED) is 0.553. The standard InChI is InChI=1S/C25H28O/c1-3-7-20-10-12-21(13-11-20)14-15-22-8-5-6-9-25(22)23-16-18-24(19-17-23)26-4-2/h5-6,8-9,12,16-20H,3-4,7,10-11,13H2,1-2H3. The summed E-state index contributed by atoms with van der Waals surface area (Å²) in [5.74, 6) is 8.62. The predicted molar refractivity (Wildman–Crippen MR) is 110 cm³/mol. The van der Waals surface area contributed by atoms with E-state index in [0.717, 1.165) is 23.7 Å². The molecule has 0 heterocycles. The highest BCUT2D eigenvalue weighted by molar-refractivity contribution is 5.71. The van der Waals surface area contributed by atoms with Gasteiger partial charge in [0.2, 0.25) is 0 Å². The fourth-order valence-electron chi connectivity index (χ4n) is 3.56. The van der Waals surface area contributed by atoms with E-state index in [-0.39, 0.29) is 0 Å². The molecule has 3 rings (SSSR count). The van der Waals surface area contributed by atoms with E-state index in [4.69, 9.17) is 4.74 Å². The Labute approximate surface area is 158 Å². The largest absolute Gasteiger partial charge is 0.494 e. The zero-order valence-corrected chi connectivity index (χ0v) is 15.9. The lowest BCUT2D eigenvalue weighted by Gasteiger charge is -2.18. The summed E-state index contributed by atoms with van der Waals surface area (Å²) in [6, 6.07) is 16.7. The van der Waals surface area contributed by atoms with E-state index in [1.807, 2.05) is 19.1 Å². The summed E-state index contributed by atoms with van der Waals surface area (Å²) in [6.07, 6.45) is 8.60. The molecule has 26 heavy (non-hydrogen) atoms. The van der Waals surface area contributed by atoms with Gasteiger partial charge in [-0.05, 0) is 67.0 Å². The number of hydrogen-bond donors (Lipinski definition) is 0. The molecule has 0 aromatic heterocycles. The van der Waals surface area contributed by atoms with E-state index in [2.05, 4.69) is 61.2 Å². The number of ether oxygens (including phenoxy) is 1. The fraction of sp³-hybridized carbons (Fsp3) is 0.360. The van der Waals surface area contributed by atoms with E-state index < -0.39 is 0 Å². The van der Waals surface area contributed by atoms with Crippen molar-refractivity contribution in [2.45, 2.75) is 46.0 Å². The van der Waals surface area contributed by atoms with Crippen molar-refractivity contribution in [1.29, 1.82) is 0 Å². The van der Waals surface area contributed by atoms with Gasteiger partial charge < -0.3 is 4.74 Å². The first-order valence-corrected chi connectivity index (χ1v) is 9.83. The maximum Gasteiger partial charge on any atom is 0.119 e. The lowest BCUT2D eigenvalue weighted by Crippen LogP contribution is -2.04. The van der Waals surface area contributed by atoms with Crippen LogP contribution in [-0.2, 0) is 0 Å². The third-order valence-corrected chi connectivity index (χ3v) is 4.98. The number of allylic oxidation sites excluding steroid dienone is 2. The van der Waals surface area contributed by atoms with Crippen LogP contribution >= 0.6 is 0 Å². The Morgan fingerprint density at radius 1 is 1.00 bits per heavy atom. The highest BCUT2D eigenvalue weighted by atomic mass is 16.5. The van der Waals surface area contributed by atoms with Crippen LogP contribution in [0.15, 0.2) is 60.2 Å². The molecule has 0 N–H and O–H groups in total. The first kappa shape index (κ1) is 18.3. The maximum absolute atomic E-state index is 5.54. The Kier molecular flexibility index (Phi) is 6.56. The summed E-state index contributed by atoms with van der Waals surface area (Å²) in [4.78, 5) is 0. The number of benzene rings is 2. The molecule has 0 saturated heterocycles. The molecule has 134 valence electrons.